The third-order valence-electron chi connectivity index (χ3n) is 10.4. The fourth-order valence-electron chi connectivity index (χ4n) is 6.97. The normalized spacial score (nSPS) is 12.0. The molecule has 304 valence electrons. The smallest absolute Gasteiger partial charge is 0.323 e. The third-order valence-corrected chi connectivity index (χ3v) is 10.4. The second-order valence-electron chi connectivity index (χ2n) is 15.3. The molecule has 1 aromatic heterocycles. The molecule has 0 aliphatic rings. The molecule has 8 nitrogen and oxygen atoms in total. The van der Waals surface area contributed by atoms with Crippen LogP contribution in [0, 0.1) is 0 Å². The van der Waals surface area contributed by atoms with Crippen LogP contribution in [0.1, 0.15) is 212 Å². The van der Waals surface area contributed by atoms with E-state index in [2.05, 4.69) is 28.7 Å². The van der Waals surface area contributed by atoms with Crippen LogP contribution in [0.3, 0.4) is 0 Å². The van der Waals surface area contributed by atoms with Crippen molar-refractivity contribution in [3.63, 3.8) is 0 Å². The van der Waals surface area contributed by atoms with E-state index in [0.29, 0.717) is 32.5 Å². The predicted octanol–water partition coefficient (Wildman–Crippen LogP) is 11.4. The summed E-state index contributed by atoms with van der Waals surface area (Å²) in [6, 6.07) is -0.733. The largest absolute Gasteiger partial charge is 0.462 e. The van der Waals surface area contributed by atoms with E-state index in [-0.39, 0.29) is 12.5 Å². The van der Waals surface area contributed by atoms with Gasteiger partial charge in [-0.15, -0.1) is 0 Å². The molecule has 52 heavy (non-hydrogen) atoms. The van der Waals surface area contributed by atoms with Crippen LogP contribution in [-0.4, -0.2) is 65.7 Å². The van der Waals surface area contributed by atoms with E-state index < -0.39 is 12.0 Å². The molecule has 0 aromatic carbocycles. The molecular formula is C44H84N4O4. The maximum absolute atomic E-state index is 13.2. The average molecular weight is 733 g/mol. The van der Waals surface area contributed by atoms with Gasteiger partial charge in [-0.2, -0.15) is 0 Å². The first-order valence-electron chi connectivity index (χ1n) is 22.3. The van der Waals surface area contributed by atoms with Crippen molar-refractivity contribution in [1.82, 2.24) is 14.9 Å². The van der Waals surface area contributed by atoms with Crippen molar-refractivity contribution in [3.8, 4) is 0 Å². The number of ether oxygens (including phenoxy) is 2. The number of hydrogen-bond acceptors (Lipinski definition) is 6. The SMILES string of the molecule is CCCCCCCCCCCCCCCCN(CCCCCCCCCCCCCCCC)C(=O)CCCOCCOC(=O)C(N)Cc1cnc[nH]1. The van der Waals surface area contributed by atoms with Crippen molar-refractivity contribution in [1.29, 1.82) is 0 Å². The first-order chi connectivity index (χ1) is 25.6. The summed E-state index contributed by atoms with van der Waals surface area (Å²) in [6.07, 6.45) is 42.5. The van der Waals surface area contributed by atoms with E-state index >= 15 is 0 Å². The zero-order valence-electron chi connectivity index (χ0n) is 34.3. The molecule has 0 aliphatic heterocycles. The van der Waals surface area contributed by atoms with E-state index in [4.69, 9.17) is 15.2 Å². The Morgan fingerprint density at radius 1 is 0.615 bits per heavy atom. The summed E-state index contributed by atoms with van der Waals surface area (Å²) in [7, 11) is 0. The van der Waals surface area contributed by atoms with Gasteiger partial charge in [0.2, 0.25) is 5.91 Å². The maximum Gasteiger partial charge on any atom is 0.323 e. The summed E-state index contributed by atoms with van der Waals surface area (Å²) in [5.41, 5.74) is 6.73. The molecule has 8 heteroatoms. The molecule has 0 spiro atoms. The number of aromatic amines is 1. The third kappa shape index (κ3) is 30.5. The Hall–Kier alpha value is -1.93. The van der Waals surface area contributed by atoms with E-state index in [1.165, 1.54) is 167 Å². The minimum Gasteiger partial charge on any atom is -0.462 e. The number of aromatic nitrogens is 2. The van der Waals surface area contributed by atoms with E-state index in [1.807, 2.05) is 0 Å². The molecule has 0 aliphatic carbocycles. The van der Waals surface area contributed by atoms with Crippen LogP contribution >= 0.6 is 0 Å². The lowest BCUT2D eigenvalue weighted by Gasteiger charge is -2.23. The Kier molecular flexibility index (Phi) is 34.6. The van der Waals surface area contributed by atoms with Gasteiger partial charge >= 0.3 is 5.97 Å². The van der Waals surface area contributed by atoms with Crippen LogP contribution < -0.4 is 5.73 Å². The lowest BCUT2D eigenvalue weighted by Crippen LogP contribution is -2.35. The highest BCUT2D eigenvalue weighted by molar-refractivity contribution is 5.76. The van der Waals surface area contributed by atoms with Gasteiger partial charge in [-0.25, -0.2) is 4.98 Å². The monoisotopic (exact) mass is 733 g/mol. The summed E-state index contributed by atoms with van der Waals surface area (Å²) >= 11 is 0. The molecular weight excluding hydrogens is 649 g/mol. The second-order valence-corrected chi connectivity index (χ2v) is 15.3. The zero-order chi connectivity index (χ0) is 37.6. The summed E-state index contributed by atoms with van der Waals surface area (Å²) in [4.78, 5) is 34.4. The van der Waals surface area contributed by atoms with Crippen molar-refractivity contribution in [2.75, 3.05) is 32.9 Å². The Bertz CT molecular complexity index is 865. The minimum atomic E-state index is -0.733. The first-order valence-corrected chi connectivity index (χ1v) is 22.3. The van der Waals surface area contributed by atoms with E-state index in [9.17, 15) is 9.59 Å². The highest BCUT2D eigenvalue weighted by atomic mass is 16.6. The molecule has 1 rings (SSSR count). The van der Waals surface area contributed by atoms with E-state index in [0.717, 1.165) is 31.6 Å². The number of hydrogen-bond donors (Lipinski definition) is 2. The maximum atomic E-state index is 13.2. The number of H-pyrrole nitrogens is 1. The molecule has 1 heterocycles. The van der Waals surface area contributed by atoms with Gasteiger partial charge in [-0.05, 0) is 19.3 Å². The Labute approximate surface area is 320 Å². The fourth-order valence-corrected chi connectivity index (χ4v) is 6.97. The van der Waals surface area contributed by atoms with Gasteiger partial charge in [0, 0.05) is 44.4 Å². The minimum absolute atomic E-state index is 0.161. The standard InChI is InChI=1S/C44H84N4O4/c1-3-5-7-9-11-13-15-17-19-21-23-25-27-29-33-48(34-30-28-26-24-22-20-18-16-14-12-10-8-6-4-2)43(49)32-31-35-51-36-37-52-44(50)42(45)38-41-39-46-40-47-41/h39-40,42H,3-38,45H2,1-2H3,(H,46,47). The number of unbranched alkanes of at least 4 members (excludes halogenated alkanes) is 26. The molecule has 1 unspecified atom stereocenters. The van der Waals surface area contributed by atoms with Crippen molar-refractivity contribution in [2.45, 2.75) is 219 Å². The molecule has 0 radical (unpaired) electrons. The molecule has 3 N–H and O–H groups in total. The van der Waals surface area contributed by atoms with Gasteiger partial charge in [0.25, 0.3) is 0 Å². The van der Waals surface area contributed by atoms with Gasteiger partial charge in [-0.1, -0.05) is 181 Å². The summed E-state index contributed by atoms with van der Waals surface area (Å²) < 4.78 is 10.9. The first kappa shape index (κ1) is 48.1. The molecule has 0 bridgehead atoms. The molecule has 0 fully saturated rings. The van der Waals surface area contributed by atoms with Crippen LogP contribution in [0.5, 0.6) is 0 Å². The lowest BCUT2D eigenvalue weighted by atomic mass is 10.0. The molecule has 1 atom stereocenters. The topological polar surface area (TPSA) is 111 Å². The van der Waals surface area contributed by atoms with Crippen LogP contribution in [0.4, 0.5) is 0 Å². The molecule has 0 saturated carbocycles. The Morgan fingerprint density at radius 3 is 1.44 bits per heavy atom. The van der Waals surface area contributed by atoms with Gasteiger partial charge in [0.05, 0.1) is 12.9 Å². The quantitative estimate of drug-likeness (QED) is 0.0513. The predicted molar refractivity (Wildman–Crippen MR) is 218 cm³/mol. The Morgan fingerprint density at radius 2 is 1.04 bits per heavy atom. The van der Waals surface area contributed by atoms with Gasteiger partial charge in [-0.3, -0.25) is 9.59 Å². The van der Waals surface area contributed by atoms with E-state index in [1.54, 1.807) is 12.5 Å². The van der Waals surface area contributed by atoms with Gasteiger partial charge < -0.3 is 25.1 Å². The summed E-state index contributed by atoms with van der Waals surface area (Å²) in [5.74, 6) is -0.194. The molecule has 1 aromatic rings. The second kappa shape index (κ2) is 37.4. The highest BCUT2D eigenvalue weighted by Crippen LogP contribution is 2.15. The number of carbonyl (C=O) groups excluding carboxylic acids is 2. The van der Waals surface area contributed by atoms with Crippen LogP contribution in [0.15, 0.2) is 12.5 Å². The van der Waals surface area contributed by atoms with Crippen LogP contribution in [-0.2, 0) is 25.5 Å². The zero-order valence-corrected chi connectivity index (χ0v) is 34.3. The highest BCUT2D eigenvalue weighted by Gasteiger charge is 2.16. The number of nitrogens with two attached hydrogens (primary N) is 1. The van der Waals surface area contributed by atoms with Crippen molar-refractivity contribution < 1.29 is 19.1 Å². The van der Waals surface area contributed by atoms with Crippen molar-refractivity contribution in [3.05, 3.63) is 18.2 Å². The number of rotatable bonds is 40. The number of carbonyl (C=O) groups is 2. The van der Waals surface area contributed by atoms with Gasteiger partial charge in [0.1, 0.15) is 12.6 Å². The molecule has 0 saturated heterocycles. The average Bonchev–Trinajstić information content (AvgIpc) is 3.66. The lowest BCUT2D eigenvalue weighted by molar-refractivity contribution is -0.146. The Balaban J connectivity index is 2.21. The van der Waals surface area contributed by atoms with Crippen LogP contribution in [0.2, 0.25) is 0 Å². The number of nitrogens with zero attached hydrogens (tertiary/aromatic N) is 2. The number of amides is 1. The van der Waals surface area contributed by atoms with Gasteiger partial charge in [0.15, 0.2) is 0 Å². The van der Waals surface area contributed by atoms with Crippen molar-refractivity contribution >= 4 is 11.9 Å². The van der Waals surface area contributed by atoms with Crippen molar-refractivity contribution in [2.24, 2.45) is 5.73 Å². The fraction of sp³-hybridized carbons (Fsp3) is 0.886. The molecule has 1 amide bonds. The number of imidazole rings is 1. The summed E-state index contributed by atoms with van der Waals surface area (Å²) in [6.45, 7) is 7.27. The summed E-state index contributed by atoms with van der Waals surface area (Å²) in [5, 5.41) is 0. The van der Waals surface area contributed by atoms with Crippen LogP contribution in [0.25, 0.3) is 0 Å². The number of esters is 1. The number of nitrogens with one attached hydrogen (secondary N) is 1.